The summed E-state index contributed by atoms with van der Waals surface area (Å²) in [5.41, 5.74) is 0. The molecule has 0 bridgehead atoms. The number of hydrogen-bond acceptors (Lipinski definition) is 3. The van der Waals surface area contributed by atoms with Gasteiger partial charge in [0.25, 0.3) is 0 Å². The molecule has 2 rings (SSSR count). The third-order valence-corrected chi connectivity index (χ3v) is 4.25. The summed E-state index contributed by atoms with van der Waals surface area (Å²) in [5, 5.41) is 3.41. The maximum atomic E-state index is 12.0. The lowest BCUT2D eigenvalue weighted by atomic mass is 9.97. The summed E-state index contributed by atoms with van der Waals surface area (Å²) >= 11 is 0. The highest BCUT2D eigenvalue weighted by Gasteiger charge is 2.32. The molecule has 1 heterocycles. The average Bonchev–Trinajstić information content (AvgIpc) is 3.22. The van der Waals surface area contributed by atoms with Crippen LogP contribution in [0.1, 0.15) is 32.6 Å². The van der Waals surface area contributed by atoms with Crippen LogP contribution in [0.15, 0.2) is 0 Å². The number of nitrogens with one attached hydrogen (secondary N) is 1. The van der Waals surface area contributed by atoms with Gasteiger partial charge in [0.1, 0.15) is 0 Å². The Kier molecular flexibility index (Phi) is 5.01. The standard InChI is InChI=1S/C14H27N3O/c1-3-16(2)14(18)11-17(13-4-5-13)10-12-6-8-15-9-7-12/h12-13,15H,3-11H2,1-2H3. The number of piperidine rings is 1. The SMILES string of the molecule is CCN(C)C(=O)CN(CC1CCNCC1)C1CC1. The molecule has 18 heavy (non-hydrogen) atoms. The first kappa shape index (κ1) is 13.8. The summed E-state index contributed by atoms with van der Waals surface area (Å²) in [7, 11) is 1.90. The summed E-state index contributed by atoms with van der Waals surface area (Å²) in [6.45, 7) is 6.88. The topological polar surface area (TPSA) is 35.6 Å². The molecule has 0 atom stereocenters. The smallest absolute Gasteiger partial charge is 0.236 e. The predicted octanol–water partition coefficient (Wildman–Crippen LogP) is 0.929. The van der Waals surface area contributed by atoms with Crippen molar-refractivity contribution in [3.63, 3.8) is 0 Å². The van der Waals surface area contributed by atoms with Crippen molar-refractivity contribution in [3.8, 4) is 0 Å². The fourth-order valence-corrected chi connectivity index (χ4v) is 2.65. The molecule has 0 spiro atoms. The molecule has 1 aliphatic carbocycles. The minimum absolute atomic E-state index is 0.276. The first-order valence-corrected chi connectivity index (χ1v) is 7.39. The van der Waals surface area contributed by atoms with Gasteiger partial charge in [0.15, 0.2) is 0 Å². The molecule has 0 aromatic rings. The minimum atomic E-state index is 0.276. The molecule has 0 radical (unpaired) electrons. The molecule has 1 saturated carbocycles. The molecule has 1 amide bonds. The van der Waals surface area contributed by atoms with Crippen LogP contribution in [-0.2, 0) is 4.79 Å². The van der Waals surface area contributed by atoms with Gasteiger partial charge in [-0.25, -0.2) is 0 Å². The van der Waals surface area contributed by atoms with Crippen LogP contribution in [0.5, 0.6) is 0 Å². The van der Waals surface area contributed by atoms with E-state index in [0.29, 0.717) is 12.6 Å². The van der Waals surface area contributed by atoms with Crippen molar-refractivity contribution in [2.24, 2.45) is 5.92 Å². The summed E-state index contributed by atoms with van der Waals surface area (Å²) in [4.78, 5) is 16.3. The van der Waals surface area contributed by atoms with Gasteiger partial charge in [-0.05, 0) is 51.6 Å². The van der Waals surface area contributed by atoms with E-state index in [1.54, 1.807) is 0 Å². The van der Waals surface area contributed by atoms with Crippen molar-refractivity contribution in [3.05, 3.63) is 0 Å². The minimum Gasteiger partial charge on any atom is -0.345 e. The fourth-order valence-electron chi connectivity index (χ4n) is 2.65. The van der Waals surface area contributed by atoms with Crippen LogP contribution in [0.3, 0.4) is 0 Å². The quantitative estimate of drug-likeness (QED) is 0.765. The summed E-state index contributed by atoms with van der Waals surface area (Å²) in [6, 6.07) is 0.689. The van der Waals surface area contributed by atoms with Gasteiger partial charge in [0.2, 0.25) is 5.91 Å². The van der Waals surface area contributed by atoms with Crippen LogP contribution in [0.2, 0.25) is 0 Å². The van der Waals surface area contributed by atoms with Crippen molar-refractivity contribution in [1.82, 2.24) is 15.1 Å². The Morgan fingerprint density at radius 2 is 1.89 bits per heavy atom. The predicted molar refractivity (Wildman–Crippen MR) is 73.5 cm³/mol. The molecule has 104 valence electrons. The van der Waals surface area contributed by atoms with Crippen LogP contribution in [0, 0.1) is 5.92 Å². The zero-order chi connectivity index (χ0) is 13.0. The van der Waals surface area contributed by atoms with E-state index in [-0.39, 0.29) is 5.91 Å². The lowest BCUT2D eigenvalue weighted by Gasteiger charge is -2.30. The molecular weight excluding hydrogens is 226 g/mol. The number of carbonyl (C=O) groups is 1. The Labute approximate surface area is 111 Å². The van der Waals surface area contributed by atoms with Gasteiger partial charge in [-0.2, -0.15) is 0 Å². The maximum absolute atomic E-state index is 12.0. The van der Waals surface area contributed by atoms with E-state index >= 15 is 0 Å². The van der Waals surface area contributed by atoms with Crippen molar-refractivity contribution in [1.29, 1.82) is 0 Å². The highest BCUT2D eigenvalue weighted by molar-refractivity contribution is 5.78. The van der Waals surface area contributed by atoms with Crippen LogP contribution in [-0.4, -0.2) is 61.5 Å². The fraction of sp³-hybridized carbons (Fsp3) is 0.929. The van der Waals surface area contributed by atoms with Crippen molar-refractivity contribution in [2.45, 2.75) is 38.6 Å². The number of rotatable bonds is 6. The lowest BCUT2D eigenvalue weighted by molar-refractivity contribution is -0.131. The van der Waals surface area contributed by atoms with Crippen LogP contribution in [0.4, 0.5) is 0 Å². The summed E-state index contributed by atoms with van der Waals surface area (Å²) in [6.07, 6.45) is 5.10. The Morgan fingerprint density at radius 1 is 1.22 bits per heavy atom. The average molecular weight is 253 g/mol. The second-order valence-electron chi connectivity index (χ2n) is 5.76. The van der Waals surface area contributed by atoms with Crippen molar-refractivity contribution >= 4 is 5.91 Å². The van der Waals surface area contributed by atoms with Gasteiger partial charge >= 0.3 is 0 Å². The molecule has 2 aliphatic rings. The molecule has 4 heteroatoms. The number of likely N-dealkylation sites (N-methyl/N-ethyl adjacent to an activating group) is 1. The first-order valence-electron chi connectivity index (χ1n) is 7.39. The summed E-state index contributed by atoms with van der Waals surface area (Å²) in [5.74, 6) is 1.06. The van der Waals surface area contributed by atoms with Gasteiger partial charge in [0, 0.05) is 26.2 Å². The molecule has 1 aliphatic heterocycles. The molecule has 1 saturated heterocycles. The van der Waals surface area contributed by atoms with E-state index in [4.69, 9.17) is 0 Å². The van der Waals surface area contributed by atoms with Crippen molar-refractivity contribution < 1.29 is 4.79 Å². The Balaban J connectivity index is 1.81. The number of amides is 1. The molecule has 2 fully saturated rings. The van der Waals surface area contributed by atoms with E-state index in [1.165, 1.54) is 25.7 Å². The van der Waals surface area contributed by atoms with Gasteiger partial charge in [-0.3, -0.25) is 9.69 Å². The molecule has 0 aromatic carbocycles. The molecule has 0 aromatic heterocycles. The van der Waals surface area contributed by atoms with Gasteiger partial charge in [-0.15, -0.1) is 0 Å². The summed E-state index contributed by atoms with van der Waals surface area (Å²) < 4.78 is 0. The molecule has 4 nitrogen and oxygen atoms in total. The van der Waals surface area contributed by atoms with Crippen LogP contribution < -0.4 is 5.32 Å². The Hall–Kier alpha value is -0.610. The highest BCUT2D eigenvalue weighted by Crippen LogP contribution is 2.28. The number of hydrogen-bond donors (Lipinski definition) is 1. The van der Waals surface area contributed by atoms with E-state index in [1.807, 2.05) is 18.9 Å². The van der Waals surface area contributed by atoms with Gasteiger partial charge in [-0.1, -0.05) is 0 Å². The van der Waals surface area contributed by atoms with E-state index < -0.39 is 0 Å². The van der Waals surface area contributed by atoms with Crippen molar-refractivity contribution in [2.75, 3.05) is 39.8 Å². The normalized spacial score (nSPS) is 21.3. The first-order chi connectivity index (χ1) is 8.70. The van der Waals surface area contributed by atoms with Gasteiger partial charge < -0.3 is 10.2 Å². The zero-order valence-electron chi connectivity index (χ0n) is 11.8. The van der Waals surface area contributed by atoms with Gasteiger partial charge in [0.05, 0.1) is 6.54 Å². The molecule has 0 unspecified atom stereocenters. The second-order valence-corrected chi connectivity index (χ2v) is 5.76. The highest BCUT2D eigenvalue weighted by atomic mass is 16.2. The monoisotopic (exact) mass is 253 g/mol. The molecular formula is C14H27N3O. The third kappa shape index (κ3) is 3.95. The van der Waals surface area contributed by atoms with E-state index in [0.717, 1.165) is 32.1 Å². The van der Waals surface area contributed by atoms with E-state index in [2.05, 4.69) is 10.2 Å². The Bertz CT molecular complexity index is 272. The van der Waals surface area contributed by atoms with Crippen LogP contribution >= 0.6 is 0 Å². The largest absolute Gasteiger partial charge is 0.345 e. The lowest BCUT2D eigenvalue weighted by Crippen LogP contribution is -2.43. The van der Waals surface area contributed by atoms with Crippen LogP contribution in [0.25, 0.3) is 0 Å². The second kappa shape index (κ2) is 6.53. The van der Waals surface area contributed by atoms with E-state index in [9.17, 15) is 4.79 Å². The maximum Gasteiger partial charge on any atom is 0.236 e. The molecule has 1 N–H and O–H groups in total. The third-order valence-electron chi connectivity index (χ3n) is 4.25. The number of nitrogens with zero attached hydrogens (tertiary/aromatic N) is 2. The Morgan fingerprint density at radius 3 is 2.44 bits per heavy atom. The zero-order valence-corrected chi connectivity index (χ0v) is 11.8. The number of carbonyl (C=O) groups excluding carboxylic acids is 1.